The monoisotopic (exact) mass is 366 g/mol. The molecule has 1 aromatic heterocycles. The predicted molar refractivity (Wildman–Crippen MR) is 90.1 cm³/mol. The number of methoxy groups -OCH3 is 1. The van der Waals surface area contributed by atoms with Crippen LogP contribution in [-0.4, -0.2) is 37.4 Å². The van der Waals surface area contributed by atoms with E-state index in [1.807, 2.05) is 0 Å². The van der Waals surface area contributed by atoms with Gasteiger partial charge in [0.05, 0.1) is 18.2 Å². The summed E-state index contributed by atoms with van der Waals surface area (Å²) in [6, 6.07) is 6.64. The molecule has 1 saturated heterocycles. The van der Waals surface area contributed by atoms with Crippen molar-refractivity contribution in [2.45, 2.75) is 25.6 Å². The molecule has 0 saturated carbocycles. The van der Waals surface area contributed by atoms with Gasteiger partial charge in [0, 0.05) is 25.3 Å². The quantitative estimate of drug-likeness (QED) is 0.811. The largest absolute Gasteiger partial charge is 0.497 e. The van der Waals surface area contributed by atoms with Gasteiger partial charge in [-0.3, -0.25) is 4.79 Å². The maximum absolute atomic E-state index is 12.0. The van der Waals surface area contributed by atoms with Crippen molar-refractivity contribution in [3.63, 3.8) is 0 Å². The molecule has 1 aromatic carbocycles. The minimum atomic E-state index is -0.298. The first-order valence-electron chi connectivity index (χ1n) is 7.97. The Balaban J connectivity index is 1.51. The molecule has 3 rings (SSSR count). The van der Waals surface area contributed by atoms with Crippen LogP contribution in [0.15, 0.2) is 28.8 Å². The first kappa shape index (κ1) is 17.6. The van der Waals surface area contributed by atoms with E-state index in [0.717, 1.165) is 19.4 Å². The third-order valence-electron chi connectivity index (χ3n) is 3.81. The smallest absolute Gasteiger partial charge is 0.273 e. The molecule has 1 unspecified atom stereocenters. The van der Waals surface area contributed by atoms with Crippen molar-refractivity contribution in [2.75, 3.05) is 20.3 Å². The number of aromatic nitrogens is 1. The van der Waals surface area contributed by atoms with Crippen LogP contribution in [0.2, 0.25) is 5.02 Å². The summed E-state index contributed by atoms with van der Waals surface area (Å²) in [7, 11) is 1.56. The summed E-state index contributed by atoms with van der Waals surface area (Å²) in [5.74, 6) is 1.26. The summed E-state index contributed by atoms with van der Waals surface area (Å²) in [4.78, 5) is 12.0. The first-order valence-corrected chi connectivity index (χ1v) is 8.35. The number of carbonyl (C=O) groups excluding carboxylic acids is 1. The summed E-state index contributed by atoms with van der Waals surface area (Å²) in [5.41, 5.74) is 0.206. The zero-order valence-corrected chi connectivity index (χ0v) is 14.5. The molecule has 0 bridgehead atoms. The van der Waals surface area contributed by atoms with E-state index < -0.39 is 0 Å². The van der Waals surface area contributed by atoms with Crippen LogP contribution in [0, 0.1) is 0 Å². The number of hydrogen-bond acceptors (Lipinski definition) is 6. The number of rotatable bonds is 7. The third-order valence-corrected chi connectivity index (χ3v) is 4.11. The van der Waals surface area contributed by atoms with Crippen LogP contribution >= 0.6 is 11.6 Å². The number of nitrogens with zero attached hydrogens (tertiary/aromatic N) is 1. The molecule has 8 heteroatoms. The molecule has 7 nitrogen and oxygen atoms in total. The Morgan fingerprint density at radius 3 is 3.04 bits per heavy atom. The van der Waals surface area contributed by atoms with E-state index in [4.69, 9.17) is 30.3 Å². The predicted octanol–water partition coefficient (Wildman–Crippen LogP) is 2.82. The second kappa shape index (κ2) is 8.22. The molecule has 1 fully saturated rings. The van der Waals surface area contributed by atoms with Crippen LogP contribution in [0.4, 0.5) is 0 Å². The molecule has 0 radical (unpaired) electrons. The normalized spacial score (nSPS) is 16.6. The van der Waals surface area contributed by atoms with E-state index in [2.05, 4.69) is 10.5 Å². The van der Waals surface area contributed by atoms with Crippen molar-refractivity contribution >= 4 is 17.5 Å². The minimum absolute atomic E-state index is 0.0795. The highest BCUT2D eigenvalue weighted by molar-refractivity contribution is 6.32. The highest BCUT2D eigenvalue weighted by Crippen LogP contribution is 2.29. The van der Waals surface area contributed by atoms with Gasteiger partial charge in [0.15, 0.2) is 11.5 Å². The van der Waals surface area contributed by atoms with Crippen molar-refractivity contribution < 1.29 is 23.5 Å². The Morgan fingerprint density at radius 1 is 1.44 bits per heavy atom. The lowest BCUT2D eigenvalue weighted by Gasteiger charge is -2.09. The molecular weight excluding hydrogens is 348 g/mol. The highest BCUT2D eigenvalue weighted by Gasteiger charge is 2.18. The molecule has 1 amide bonds. The van der Waals surface area contributed by atoms with E-state index in [9.17, 15) is 4.79 Å². The first-order chi connectivity index (χ1) is 12.2. The van der Waals surface area contributed by atoms with Gasteiger partial charge in [-0.2, -0.15) is 0 Å². The van der Waals surface area contributed by atoms with E-state index in [0.29, 0.717) is 28.8 Å². The molecule has 1 aliphatic heterocycles. The summed E-state index contributed by atoms with van der Waals surface area (Å²) < 4.78 is 21.3. The van der Waals surface area contributed by atoms with Crippen LogP contribution < -0.4 is 14.8 Å². The van der Waals surface area contributed by atoms with Crippen molar-refractivity contribution in [3.05, 3.63) is 40.7 Å². The zero-order valence-electron chi connectivity index (χ0n) is 13.8. The molecule has 0 aliphatic carbocycles. The number of nitrogens with one attached hydrogen (secondary N) is 1. The summed E-state index contributed by atoms with van der Waals surface area (Å²) in [6.45, 7) is 1.33. The van der Waals surface area contributed by atoms with Crippen molar-refractivity contribution in [3.8, 4) is 11.5 Å². The van der Waals surface area contributed by atoms with E-state index in [1.165, 1.54) is 0 Å². The molecule has 1 N–H and O–H groups in total. The number of carbonyl (C=O) groups is 1. The SMILES string of the molecule is COc1ccc(OCc2cc(C(=O)NCC3CCCO3)no2)c(Cl)c1. The lowest BCUT2D eigenvalue weighted by Crippen LogP contribution is -2.31. The van der Waals surface area contributed by atoms with Crippen molar-refractivity contribution in [2.24, 2.45) is 0 Å². The second-order valence-electron chi connectivity index (χ2n) is 5.61. The molecule has 0 spiro atoms. The third kappa shape index (κ3) is 4.64. The van der Waals surface area contributed by atoms with Crippen molar-refractivity contribution in [1.29, 1.82) is 0 Å². The van der Waals surface area contributed by atoms with Crippen LogP contribution in [-0.2, 0) is 11.3 Å². The van der Waals surface area contributed by atoms with Gasteiger partial charge in [-0.05, 0) is 25.0 Å². The zero-order chi connectivity index (χ0) is 17.6. The summed E-state index contributed by atoms with van der Waals surface area (Å²) >= 11 is 6.11. The molecule has 25 heavy (non-hydrogen) atoms. The Bertz CT molecular complexity index is 728. The number of hydrogen-bond donors (Lipinski definition) is 1. The van der Waals surface area contributed by atoms with E-state index in [1.54, 1.807) is 31.4 Å². The molecule has 2 aromatic rings. The lowest BCUT2D eigenvalue weighted by molar-refractivity contribution is 0.0850. The number of benzene rings is 1. The fraction of sp³-hybridized carbons (Fsp3) is 0.412. The van der Waals surface area contributed by atoms with Crippen LogP contribution in [0.1, 0.15) is 29.1 Å². The van der Waals surface area contributed by atoms with Gasteiger partial charge in [-0.25, -0.2) is 0 Å². The maximum Gasteiger partial charge on any atom is 0.273 e. The number of amides is 1. The van der Waals surface area contributed by atoms with Gasteiger partial charge >= 0.3 is 0 Å². The van der Waals surface area contributed by atoms with Crippen LogP contribution in [0.25, 0.3) is 0 Å². The minimum Gasteiger partial charge on any atom is -0.497 e. The molecule has 2 heterocycles. The summed E-state index contributed by atoms with van der Waals surface area (Å²) in [5, 5.41) is 6.97. The van der Waals surface area contributed by atoms with Gasteiger partial charge < -0.3 is 24.1 Å². The van der Waals surface area contributed by atoms with Gasteiger partial charge in [0.1, 0.15) is 18.1 Å². The fourth-order valence-electron chi connectivity index (χ4n) is 2.46. The number of ether oxygens (including phenoxy) is 3. The highest BCUT2D eigenvalue weighted by atomic mass is 35.5. The maximum atomic E-state index is 12.0. The Hall–Kier alpha value is -2.25. The van der Waals surface area contributed by atoms with E-state index in [-0.39, 0.29) is 24.3 Å². The Morgan fingerprint density at radius 2 is 2.32 bits per heavy atom. The van der Waals surface area contributed by atoms with Crippen LogP contribution in [0.3, 0.4) is 0 Å². The van der Waals surface area contributed by atoms with E-state index >= 15 is 0 Å². The Labute approximate surface area is 150 Å². The lowest BCUT2D eigenvalue weighted by atomic mass is 10.2. The standard InChI is InChI=1S/C17H19ClN2O5/c1-22-11-4-5-16(14(18)7-11)24-10-13-8-15(20-25-13)17(21)19-9-12-3-2-6-23-12/h4-5,7-8,12H,2-3,6,9-10H2,1H3,(H,19,21). The Kier molecular flexibility index (Phi) is 5.78. The molecule has 134 valence electrons. The van der Waals surface area contributed by atoms with Gasteiger partial charge in [0.25, 0.3) is 5.91 Å². The van der Waals surface area contributed by atoms with Crippen LogP contribution in [0.5, 0.6) is 11.5 Å². The van der Waals surface area contributed by atoms with Gasteiger partial charge in [0.2, 0.25) is 0 Å². The van der Waals surface area contributed by atoms with Gasteiger partial charge in [-0.1, -0.05) is 16.8 Å². The molecular formula is C17H19ClN2O5. The van der Waals surface area contributed by atoms with Gasteiger partial charge in [-0.15, -0.1) is 0 Å². The number of halogens is 1. The van der Waals surface area contributed by atoms with Crippen molar-refractivity contribution in [1.82, 2.24) is 10.5 Å². The topological polar surface area (TPSA) is 82.8 Å². The fourth-order valence-corrected chi connectivity index (χ4v) is 2.69. The average molecular weight is 367 g/mol. The average Bonchev–Trinajstić information content (AvgIpc) is 3.30. The summed E-state index contributed by atoms with van der Waals surface area (Å²) in [6.07, 6.45) is 2.07. The molecule has 1 aliphatic rings. The molecule has 1 atom stereocenters. The second-order valence-corrected chi connectivity index (χ2v) is 6.02.